The highest BCUT2D eigenvalue weighted by Gasteiger charge is 2.29. The average Bonchev–Trinajstić information content (AvgIpc) is 2.81. The first-order valence-corrected chi connectivity index (χ1v) is 12.3. The third-order valence-corrected chi connectivity index (χ3v) is 7.31. The van der Waals surface area contributed by atoms with E-state index >= 15 is 0 Å². The number of esters is 1. The number of nitrogens with zero attached hydrogens (tertiary/aromatic N) is 1. The van der Waals surface area contributed by atoms with Gasteiger partial charge in [0.1, 0.15) is 17.3 Å². The molecule has 0 amide bonds. The lowest BCUT2D eigenvalue weighted by Crippen LogP contribution is -2.40. The van der Waals surface area contributed by atoms with E-state index in [1.54, 1.807) is 12.1 Å². The Bertz CT molecular complexity index is 1090. The van der Waals surface area contributed by atoms with Crippen LogP contribution in [0.1, 0.15) is 37.5 Å². The largest absolute Gasteiger partial charge is 0.495 e. The van der Waals surface area contributed by atoms with Crippen LogP contribution in [0.3, 0.4) is 0 Å². The molecule has 1 aliphatic rings. The van der Waals surface area contributed by atoms with Crippen molar-refractivity contribution in [1.29, 1.82) is 0 Å². The van der Waals surface area contributed by atoms with Gasteiger partial charge < -0.3 is 14.2 Å². The zero-order valence-electron chi connectivity index (χ0n) is 19.5. The van der Waals surface area contributed by atoms with Crippen molar-refractivity contribution in [2.45, 2.75) is 37.7 Å². The summed E-state index contributed by atoms with van der Waals surface area (Å²) >= 11 is 0. The highest BCUT2D eigenvalue weighted by Crippen LogP contribution is 2.29. The van der Waals surface area contributed by atoms with Gasteiger partial charge in [0.15, 0.2) is 0 Å². The molecule has 8 heteroatoms. The number of carbonyl (C=O) groups is 1. The Balaban J connectivity index is 1.68. The van der Waals surface area contributed by atoms with Crippen LogP contribution in [-0.2, 0) is 36.3 Å². The molecular formula is C25H31NO6S. The monoisotopic (exact) mass is 473 g/mol. The van der Waals surface area contributed by atoms with Gasteiger partial charge in [-0.15, -0.1) is 0 Å². The fraction of sp³-hybridized carbons (Fsp3) is 0.400. The summed E-state index contributed by atoms with van der Waals surface area (Å²) in [6.07, 6.45) is 2.82. The minimum atomic E-state index is -3.75. The number of carbonyl (C=O) groups excluding carboxylic acids is 1. The summed E-state index contributed by atoms with van der Waals surface area (Å²) in [5.41, 5.74) is 2.71. The van der Waals surface area contributed by atoms with Crippen molar-refractivity contribution in [3.8, 4) is 5.75 Å². The van der Waals surface area contributed by atoms with Crippen molar-refractivity contribution in [3.05, 3.63) is 65.2 Å². The number of benzene rings is 2. The van der Waals surface area contributed by atoms with Crippen LogP contribution in [0.4, 0.5) is 0 Å². The molecule has 3 rings (SSSR count). The molecule has 178 valence electrons. The number of morpholine rings is 1. The minimum Gasteiger partial charge on any atom is -0.495 e. The van der Waals surface area contributed by atoms with Crippen molar-refractivity contribution in [2.24, 2.45) is 0 Å². The SMILES string of the molecule is COc1ccc(C=CC(=O)OCc2ccc(C(C)(C)C)cc2)cc1S(=O)(=O)N1CCOCC1. The predicted octanol–water partition coefficient (Wildman–Crippen LogP) is 3.77. The van der Waals surface area contributed by atoms with E-state index in [1.165, 1.54) is 35.2 Å². The highest BCUT2D eigenvalue weighted by molar-refractivity contribution is 7.89. The number of hydrogen-bond acceptors (Lipinski definition) is 6. The van der Waals surface area contributed by atoms with E-state index in [0.717, 1.165) is 5.56 Å². The molecule has 0 atom stereocenters. The molecule has 0 N–H and O–H groups in total. The standard InChI is InChI=1S/C25H31NO6S/c1-25(2,3)21-9-5-20(6-10-21)18-32-24(27)12-8-19-7-11-22(30-4)23(17-19)33(28,29)26-13-15-31-16-14-26/h5-12,17H,13-16,18H2,1-4H3. The van der Waals surface area contributed by atoms with Gasteiger partial charge in [0.25, 0.3) is 0 Å². The molecule has 2 aromatic carbocycles. The lowest BCUT2D eigenvalue weighted by Gasteiger charge is -2.26. The Hall–Kier alpha value is -2.68. The van der Waals surface area contributed by atoms with Crippen LogP contribution in [0.2, 0.25) is 0 Å². The lowest BCUT2D eigenvalue weighted by molar-refractivity contribution is -0.138. The maximum atomic E-state index is 13.1. The second-order valence-corrected chi connectivity index (χ2v) is 10.7. The number of rotatable bonds is 7. The average molecular weight is 474 g/mol. The van der Waals surface area contributed by atoms with E-state index < -0.39 is 16.0 Å². The Morgan fingerprint density at radius 2 is 1.76 bits per heavy atom. The summed E-state index contributed by atoms with van der Waals surface area (Å²) in [6.45, 7) is 7.87. The van der Waals surface area contributed by atoms with Gasteiger partial charge in [-0.3, -0.25) is 0 Å². The number of ether oxygens (including phenoxy) is 3. The predicted molar refractivity (Wildman–Crippen MR) is 127 cm³/mol. The van der Waals surface area contributed by atoms with Crippen molar-refractivity contribution in [3.63, 3.8) is 0 Å². The molecule has 0 spiro atoms. The fourth-order valence-electron chi connectivity index (χ4n) is 3.39. The third kappa shape index (κ3) is 6.43. The molecule has 1 heterocycles. The van der Waals surface area contributed by atoms with E-state index in [4.69, 9.17) is 14.2 Å². The molecule has 33 heavy (non-hydrogen) atoms. The molecule has 0 aromatic heterocycles. The normalized spacial score (nSPS) is 15.5. The van der Waals surface area contributed by atoms with E-state index in [0.29, 0.717) is 18.8 Å². The minimum absolute atomic E-state index is 0.0568. The Labute approximate surface area is 196 Å². The summed E-state index contributed by atoms with van der Waals surface area (Å²) in [6, 6.07) is 12.7. The van der Waals surface area contributed by atoms with Crippen LogP contribution >= 0.6 is 0 Å². The van der Waals surface area contributed by atoms with Crippen LogP contribution in [0.15, 0.2) is 53.4 Å². The molecular weight excluding hydrogens is 442 g/mol. The summed E-state index contributed by atoms with van der Waals surface area (Å²) < 4.78 is 43.4. The number of methoxy groups -OCH3 is 1. The van der Waals surface area contributed by atoms with E-state index in [9.17, 15) is 13.2 Å². The van der Waals surface area contributed by atoms with E-state index in [2.05, 4.69) is 20.8 Å². The van der Waals surface area contributed by atoms with Crippen LogP contribution in [0.25, 0.3) is 6.08 Å². The van der Waals surface area contributed by atoms with Crippen LogP contribution in [0.5, 0.6) is 5.75 Å². The van der Waals surface area contributed by atoms with Crippen molar-refractivity contribution < 1.29 is 27.4 Å². The van der Waals surface area contributed by atoms with Crippen LogP contribution in [0, 0.1) is 0 Å². The molecule has 0 aliphatic carbocycles. The molecule has 1 fully saturated rings. The zero-order chi connectivity index (χ0) is 24.1. The summed E-state index contributed by atoms with van der Waals surface area (Å²) in [7, 11) is -2.32. The molecule has 2 aromatic rings. The Morgan fingerprint density at radius 3 is 2.36 bits per heavy atom. The molecule has 0 bridgehead atoms. The van der Waals surface area contributed by atoms with Crippen molar-refractivity contribution >= 4 is 22.1 Å². The molecule has 1 aliphatic heterocycles. The lowest BCUT2D eigenvalue weighted by atomic mass is 9.87. The first kappa shape index (κ1) is 25.0. The smallest absolute Gasteiger partial charge is 0.331 e. The zero-order valence-corrected chi connectivity index (χ0v) is 20.4. The molecule has 1 saturated heterocycles. The Kier molecular flexibility index (Phi) is 7.94. The van der Waals surface area contributed by atoms with Gasteiger partial charge in [0.05, 0.1) is 20.3 Å². The van der Waals surface area contributed by atoms with Crippen molar-refractivity contribution in [2.75, 3.05) is 33.4 Å². The topological polar surface area (TPSA) is 82.1 Å². The molecule has 7 nitrogen and oxygen atoms in total. The van der Waals surface area contributed by atoms with Crippen molar-refractivity contribution in [1.82, 2.24) is 4.31 Å². The maximum absolute atomic E-state index is 13.1. The second kappa shape index (κ2) is 10.5. The van der Waals surface area contributed by atoms with Gasteiger partial charge in [-0.1, -0.05) is 51.1 Å². The molecule has 0 radical (unpaired) electrons. The van der Waals surface area contributed by atoms with Crippen LogP contribution in [-0.4, -0.2) is 52.1 Å². The van der Waals surface area contributed by atoms with Gasteiger partial charge in [-0.2, -0.15) is 4.31 Å². The quantitative estimate of drug-likeness (QED) is 0.450. The first-order chi connectivity index (χ1) is 15.6. The Morgan fingerprint density at radius 1 is 1.09 bits per heavy atom. The number of hydrogen-bond donors (Lipinski definition) is 0. The van der Waals surface area contributed by atoms with E-state index in [1.807, 2.05) is 24.3 Å². The number of sulfonamides is 1. The third-order valence-electron chi connectivity index (χ3n) is 5.39. The van der Waals surface area contributed by atoms with Gasteiger partial charge >= 0.3 is 5.97 Å². The summed E-state index contributed by atoms with van der Waals surface area (Å²) in [5.74, 6) is -0.261. The first-order valence-electron chi connectivity index (χ1n) is 10.8. The van der Waals surface area contributed by atoms with E-state index in [-0.39, 0.29) is 35.8 Å². The second-order valence-electron chi connectivity index (χ2n) is 8.81. The maximum Gasteiger partial charge on any atom is 0.331 e. The summed E-state index contributed by atoms with van der Waals surface area (Å²) in [5, 5.41) is 0. The van der Waals surface area contributed by atoms with Crippen LogP contribution < -0.4 is 4.74 Å². The van der Waals surface area contributed by atoms with Gasteiger partial charge in [-0.25, -0.2) is 13.2 Å². The molecule has 0 saturated carbocycles. The van der Waals surface area contributed by atoms with Gasteiger partial charge in [0, 0.05) is 19.2 Å². The van der Waals surface area contributed by atoms with Gasteiger partial charge in [0.2, 0.25) is 10.0 Å². The van der Waals surface area contributed by atoms with Gasteiger partial charge in [-0.05, 0) is 40.3 Å². The molecule has 0 unspecified atom stereocenters. The fourth-order valence-corrected chi connectivity index (χ4v) is 4.99. The summed E-state index contributed by atoms with van der Waals surface area (Å²) in [4.78, 5) is 12.3. The highest BCUT2D eigenvalue weighted by atomic mass is 32.2.